The first-order chi connectivity index (χ1) is 18.7. The van der Waals surface area contributed by atoms with Gasteiger partial charge in [0.05, 0.1) is 10.5 Å². The molecule has 3 rings (SSSR count). The molecular weight excluding hydrogens is 549 g/mol. The van der Waals surface area contributed by atoms with Crippen LogP contribution in [0.3, 0.4) is 0 Å². The highest BCUT2D eigenvalue weighted by Gasteiger charge is 2.38. The second-order valence-corrected chi connectivity index (χ2v) is 11.0. The van der Waals surface area contributed by atoms with Crippen molar-refractivity contribution < 1.29 is 36.3 Å². The summed E-state index contributed by atoms with van der Waals surface area (Å²) in [6.45, 7) is 12.4. The van der Waals surface area contributed by atoms with E-state index in [9.17, 15) is 26.4 Å². The van der Waals surface area contributed by atoms with Crippen molar-refractivity contribution in [1.82, 2.24) is 10.2 Å². The van der Waals surface area contributed by atoms with Crippen molar-refractivity contribution in [2.45, 2.75) is 51.6 Å². The number of rotatable bonds is 9. The maximum Gasteiger partial charge on any atom is 0.490 e. The molecule has 0 unspecified atom stereocenters. The van der Waals surface area contributed by atoms with Crippen LogP contribution >= 0.6 is 0 Å². The third-order valence-electron chi connectivity index (χ3n) is 6.25. The fourth-order valence-electron chi connectivity index (χ4n) is 4.19. The number of aryl methyl sites for hydroxylation is 2. The molecule has 1 aliphatic heterocycles. The lowest BCUT2D eigenvalue weighted by molar-refractivity contribution is -0.192. The number of nitrogens with one attached hydrogen (secondary N) is 2. The lowest BCUT2D eigenvalue weighted by Crippen LogP contribution is -2.44. The molecule has 0 atom stereocenters. The van der Waals surface area contributed by atoms with Crippen LogP contribution in [0.25, 0.3) is 0 Å². The number of hydrogen-bond donors (Lipinski definition) is 3. The molecule has 13 heteroatoms. The van der Waals surface area contributed by atoms with Gasteiger partial charge in [0.25, 0.3) is 15.9 Å². The van der Waals surface area contributed by atoms with Crippen molar-refractivity contribution in [2.75, 3.05) is 48.9 Å². The van der Waals surface area contributed by atoms with Gasteiger partial charge in [-0.25, -0.2) is 13.2 Å². The Kier molecular flexibility index (Phi) is 11.8. The van der Waals surface area contributed by atoms with Crippen LogP contribution in [-0.2, 0) is 14.8 Å². The molecule has 222 valence electrons. The Labute approximate surface area is 233 Å². The van der Waals surface area contributed by atoms with Gasteiger partial charge < -0.3 is 20.2 Å². The highest BCUT2D eigenvalue weighted by atomic mass is 32.2. The van der Waals surface area contributed by atoms with Crippen LogP contribution in [-0.4, -0.2) is 75.7 Å². The third kappa shape index (κ3) is 9.12. The lowest BCUT2D eigenvalue weighted by Gasteiger charge is -2.32. The number of carbonyl (C=O) groups is 2. The number of nitrogens with zero attached hydrogens (tertiary/aromatic N) is 2. The number of halogens is 3. The van der Waals surface area contributed by atoms with Crippen LogP contribution < -0.4 is 14.9 Å². The molecule has 0 saturated carbocycles. The van der Waals surface area contributed by atoms with Crippen molar-refractivity contribution in [2.24, 2.45) is 0 Å². The van der Waals surface area contributed by atoms with Crippen molar-refractivity contribution in [3.8, 4) is 0 Å². The zero-order valence-corrected chi connectivity index (χ0v) is 24.0. The molecule has 1 fully saturated rings. The van der Waals surface area contributed by atoms with E-state index in [4.69, 9.17) is 9.90 Å². The Balaban J connectivity index is 0.000000708. The number of anilines is 2. The van der Waals surface area contributed by atoms with Gasteiger partial charge in [-0.05, 0) is 57.0 Å². The van der Waals surface area contributed by atoms with E-state index in [1.54, 1.807) is 31.2 Å². The van der Waals surface area contributed by atoms with Crippen LogP contribution in [0.15, 0.2) is 41.3 Å². The average molecular weight is 587 g/mol. The van der Waals surface area contributed by atoms with E-state index in [1.807, 2.05) is 30.9 Å². The number of hydrogen-bond acceptors (Lipinski definition) is 6. The van der Waals surface area contributed by atoms with Crippen molar-refractivity contribution in [3.05, 3.63) is 53.1 Å². The van der Waals surface area contributed by atoms with E-state index in [0.29, 0.717) is 29.9 Å². The molecular formula is C27H37F3N4O5S. The molecule has 1 saturated heterocycles. The average Bonchev–Trinajstić information content (AvgIpc) is 2.88. The molecule has 1 heterocycles. The van der Waals surface area contributed by atoms with Crippen molar-refractivity contribution in [3.63, 3.8) is 0 Å². The maximum atomic E-state index is 13.5. The monoisotopic (exact) mass is 586 g/mol. The predicted octanol–water partition coefficient (Wildman–Crippen LogP) is 4.41. The van der Waals surface area contributed by atoms with E-state index in [0.717, 1.165) is 50.3 Å². The van der Waals surface area contributed by atoms with Crippen LogP contribution in [0.4, 0.5) is 24.5 Å². The van der Waals surface area contributed by atoms with E-state index < -0.39 is 22.2 Å². The zero-order chi connectivity index (χ0) is 30.1. The summed E-state index contributed by atoms with van der Waals surface area (Å²) in [7, 11) is -3.78. The zero-order valence-electron chi connectivity index (χ0n) is 23.1. The number of sulfonamides is 1. The Hall–Kier alpha value is -3.32. The number of aliphatic carboxylic acids is 1. The molecule has 40 heavy (non-hydrogen) atoms. The topological polar surface area (TPSA) is 119 Å². The highest BCUT2D eigenvalue weighted by molar-refractivity contribution is 7.92. The van der Waals surface area contributed by atoms with Crippen LogP contribution in [0.5, 0.6) is 0 Å². The Bertz CT molecular complexity index is 1280. The Morgan fingerprint density at radius 2 is 1.70 bits per heavy atom. The summed E-state index contributed by atoms with van der Waals surface area (Å²) in [4.78, 5) is 26.7. The van der Waals surface area contributed by atoms with Gasteiger partial charge in [0, 0.05) is 50.6 Å². The highest BCUT2D eigenvalue weighted by Crippen LogP contribution is 2.28. The van der Waals surface area contributed by atoms with Gasteiger partial charge in [0.1, 0.15) is 0 Å². The summed E-state index contributed by atoms with van der Waals surface area (Å²) in [6.07, 6.45) is -3.15. The molecule has 2 aromatic rings. The summed E-state index contributed by atoms with van der Waals surface area (Å²) < 4.78 is 60.6. The standard InChI is InChI=1S/C25H36N4O3S.C2HF3O2/c1-5-7-14-28(6-2)25(30)22-18-21(9-10-23(22)29-15-12-26-13-16-29)27-33(31,32)24-11-8-19(3)17-20(24)4;3-2(4,5)1(6)7/h8-11,17-18,26-27H,5-7,12-16H2,1-4H3;(H,6,7). The second kappa shape index (κ2) is 14.4. The summed E-state index contributed by atoms with van der Waals surface area (Å²) in [6, 6.07) is 10.6. The number of alkyl halides is 3. The second-order valence-electron chi connectivity index (χ2n) is 9.38. The molecule has 1 aliphatic rings. The third-order valence-corrected chi connectivity index (χ3v) is 7.79. The largest absolute Gasteiger partial charge is 0.490 e. The normalized spacial score (nSPS) is 13.7. The van der Waals surface area contributed by atoms with Crippen molar-refractivity contribution in [1.29, 1.82) is 0 Å². The minimum atomic E-state index is -5.08. The van der Waals surface area contributed by atoms with E-state index >= 15 is 0 Å². The van der Waals surface area contributed by atoms with E-state index in [2.05, 4.69) is 21.9 Å². The molecule has 9 nitrogen and oxygen atoms in total. The first-order valence-electron chi connectivity index (χ1n) is 13.0. The number of unbranched alkanes of at least 4 members (excludes halogenated alkanes) is 1. The molecule has 0 radical (unpaired) electrons. The molecule has 1 amide bonds. The Morgan fingerprint density at radius 3 is 2.23 bits per heavy atom. The van der Waals surface area contributed by atoms with E-state index in [1.165, 1.54) is 0 Å². The predicted molar refractivity (Wildman–Crippen MR) is 148 cm³/mol. The molecule has 2 aromatic carbocycles. The molecule has 0 bridgehead atoms. The van der Waals surface area contributed by atoms with Crippen LogP contribution in [0, 0.1) is 13.8 Å². The molecule has 0 aliphatic carbocycles. The van der Waals surface area contributed by atoms with E-state index in [-0.39, 0.29) is 10.8 Å². The number of piperazine rings is 1. The summed E-state index contributed by atoms with van der Waals surface area (Å²) in [5.41, 5.74) is 3.48. The molecule has 3 N–H and O–H groups in total. The Morgan fingerprint density at radius 1 is 1.07 bits per heavy atom. The summed E-state index contributed by atoms with van der Waals surface area (Å²) >= 11 is 0. The van der Waals surface area contributed by atoms with Gasteiger partial charge >= 0.3 is 12.1 Å². The number of amides is 1. The van der Waals surface area contributed by atoms with Gasteiger partial charge in [-0.1, -0.05) is 31.0 Å². The maximum absolute atomic E-state index is 13.5. The van der Waals surface area contributed by atoms with Gasteiger partial charge in [0.15, 0.2) is 0 Å². The van der Waals surface area contributed by atoms with Gasteiger partial charge in [-0.3, -0.25) is 9.52 Å². The fraction of sp³-hybridized carbons (Fsp3) is 0.481. The lowest BCUT2D eigenvalue weighted by atomic mass is 10.1. The SMILES string of the molecule is CCCCN(CC)C(=O)c1cc(NS(=O)(=O)c2ccc(C)cc2C)ccc1N1CCNCC1.O=C(O)C(F)(F)F. The first kappa shape index (κ1) is 32.9. The quantitative estimate of drug-likeness (QED) is 0.398. The van der Waals surface area contributed by atoms with Gasteiger partial charge in [-0.2, -0.15) is 13.2 Å². The van der Waals surface area contributed by atoms with Crippen molar-refractivity contribution >= 4 is 33.3 Å². The fourth-order valence-corrected chi connectivity index (χ4v) is 5.46. The minimum Gasteiger partial charge on any atom is -0.475 e. The number of carboxylic acids is 1. The van der Waals surface area contributed by atoms with Gasteiger partial charge in [0.2, 0.25) is 0 Å². The summed E-state index contributed by atoms with van der Waals surface area (Å²) in [5.74, 6) is -2.82. The number of carbonyl (C=O) groups excluding carboxylic acids is 1. The minimum absolute atomic E-state index is 0.0629. The van der Waals surface area contributed by atoms with Crippen LogP contribution in [0.1, 0.15) is 48.2 Å². The summed E-state index contributed by atoms with van der Waals surface area (Å²) in [5, 5.41) is 10.5. The molecule has 0 spiro atoms. The smallest absolute Gasteiger partial charge is 0.475 e. The molecule has 0 aromatic heterocycles. The van der Waals surface area contributed by atoms with Crippen LogP contribution in [0.2, 0.25) is 0 Å². The first-order valence-corrected chi connectivity index (χ1v) is 14.5. The van der Waals surface area contributed by atoms with Gasteiger partial charge in [-0.15, -0.1) is 0 Å². The number of benzene rings is 2. The number of carboxylic acid groups (broad SMARTS) is 1.